The van der Waals surface area contributed by atoms with Crippen molar-refractivity contribution in [3.63, 3.8) is 0 Å². The number of hydrogen-bond acceptors (Lipinski definition) is 6. The Morgan fingerprint density at radius 3 is 2.82 bits per heavy atom. The molecule has 2 aliphatic heterocycles. The highest BCUT2D eigenvalue weighted by Gasteiger charge is 2.47. The van der Waals surface area contributed by atoms with Gasteiger partial charge < -0.3 is 10.6 Å². The van der Waals surface area contributed by atoms with Gasteiger partial charge >= 0.3 is 0 Å². The van der Waals surface area contributed by atoms with Crippen molar-refractivity contribution in [3.8, 4) is 0 Å². The summed E-state index contributed by atoms with van der Waals surface area (Å²) in [6, 6.07) is 19.9. The first-order valence-corrected chi connectivity index (χ1v) is 11.8. The number of halogens is 1. The molecule has 0 bridgehead atoms. The van der Waals surface area contributed by atoms with Gasteiger partial charge in [-0.3, -0.25) is 10.3 Å². The maximum Gasteiger partial charge on any atom is 0.128 e. The fourth-order valence-electron chi connectivity index (χ4n) is 5.20. The summed E-state index contributed by atoms with van der Waals surface area (Å²) in [5.74, 6) is 2.20. The number of nitrogens with zero attached hydrogens (tertiary/aromatic N) is 2. The van der Waals surface area contributed by atoms with Crippen LogP contribution >= 0.6 is 0 Å². The molecule has 0 amide bonds. The van der Waals surface area contributed by atoms with Crippen LogP contribution in [0.25, 0.3) is 0 Å². The Balaban J connectivity index is 1.21. The zero-order valence-electron chi connectivity index (χ0n) is 18.6. The summed E-state index contributed by atoms with van der Waals surface area (Å²) in [7, 11) is 0. The van der Waals surface area contributed by atoms with Gasteiger partial charge in [0.15, 0.2) is 0 Å². The first-order chi connectivity index (χ1) is 16.2. The average Bonchev–Trinajstić information content (AvgIpc) is 3.37. The maximum absolute atomic E-state index is 14.2. The van der Waals surface area contributed by atoms with Crippen LogP contribution in [0.1, 0.15) is 36.7 Å². The number of anilines is 3. The molecule has 1 aliphatic carbocycles. The lowest BCUT2D eigenvalue weighted by Crippen LogP contribution is -2.43. The zero-order valence-corrected chi connectivity index (χ0v) is 18.6. The molecule has 4 N–H and O–H groups in total. The summed E-state index contributed by atoms with van der Waals surface area (Å²) in [5.41, 5.74) is 7.51. The molecular weight excluding hydrogens is 415 g/mol. The van der Waals surface area contributed by atoms with Crippen molar-refractivity contribution in [2.45, 2.75) is 31.6 Å². The molecule has 5 atom stereocenters. The third-order valence-electron chi connectivity index (χ3n) is 7.15. The first-order valence-electron chi connectivity index (χ1n) is 11.8. The minimum atomic E-state index is -0.246. The predicted molar refractivity (Wildman–Crippen MR) is 129 cm³/mol. The number of piperidine rings is 1. The molecule has 6 nitrogen and oxygen atoms in total. The van der Waals surface area contributed by atoms with Crippen molar-refractivity contribution < 1.29 is 4.39 Å². The molecule has 6 rings (SSSR count). The molecular formula is C26H29FN6. The Kier molecular flexibility index (Phi) is 5.25. The zero-order chi connectivity index (χ0) is 22.4. The van der Waals surface area contributed by atoms with E-state index in [-0.39, 0.29) is 18.0 Å². The molecule has 1 aromatic heterocycles. The van der Waals surface area contributed by atoms with Gasteiger partial charge in [0.05, 0.1) is 11.4 Å². The molecule has 33 heavy (non-hydrogen) atoms. The Hall–Kier alpha value is -3.00. The van der Waals surface area contributed by atoms with E-state index < -0.39 is 0 Å². The molecule has 1 saturated heterocycles. The van der Waals surface area contributed by atoms with Crippen LogP contribution in [0.4, 0.5) is 21.6 Å². The van der Waals surface area contributed by atoms with Crippen molar-refractivity contribution in [1.82, 2.24) is 21.0 Å². The van der Waals surface area contributed by atoms with Gasteiger partial charge in [-0.2, -0.15) is 0 Å². The van der Waals surface area contributed by atoms with Crippen LogP contribution in [-0.2, 0) is 0 Å². The van der Waals surface area contributed by atoms with Crippen LogP contribution in [0.2, 0.25) is 0 Å². The van der Waals surface area contributed by atoms with Gasteiger partial charge in [-0.15, -0.1) is 0 Å². The number of benzene rings is 2. The number of nitrogens with one attached hydrogen (secondary N) is 4. The average molecular weight is 445 g/mol. The lowest BCUT2D eigenvalue weighted by molar-refractivity contribution is 0.413. The van der Waals surface area contributed by atoms with E-state index in [9.17, 15) is 4.39 Å². The second kappa shape index (κ2) is 8.41. The Morgan fingerprint density at radius 1 is 1.15 bits per heavy atom. The van der Waals surface area contributed by atoms with Crippen LogP contribution in [0.15, 0.2) is 66.9 Å². The minimum Gasteiger partial charge on any atom is -0.363 e. The third-order valence-corrected chi connectivity index (χ3v) is 7.15. The Labute approximate surface area is 193 Å². The normalized spacial score (nSPS) is 26.1. The van der Waals surface area contributed by atoms with Crippen LogP contribution in [0.5, 0.6) is 0 Å². The van der Waals surface area contributed by atoms with Crippen molar-refractivity contribution in [3.05, 3.63) is 83.8 Å². The molecule has 2 aromatic carbocycles. The summed E-state index contributed by atoms with van der Waals surface area (Å²) >= 11 is 0. The van der Waals surface area contributed by atoms with Gasteiger partial charge in [0.2, 0.25) is 0 Å². The van der Waals surface area contributed by atoms with E-state index >= 15 is 0 Å². The van der Waals surface area contributed by atoms with E-state index in [1.807, 2.05) is 41.4 Å². The number of pyridine rings is 1. The van der Waals surface area contributed by atoms with Gasteiger partial charge in [0, 0.05) is 36.5 Å². The highest BCUT2D eigenvalue weighted by atomic mass is 19.1. The molecule has 0 radical (unpaired) electrons. The number of aromatic nitrogens is 1. The van der Waals surface area contributed by atoms with Crippen LogP contribution in [0.3, 0.4) is 0 Å². The van der Waals surface area contributed by atoms with Gasteiger partial charge in [-0.1, -0.05) is 36.4 Å². The molecule has 0 spiro atoms. The number of fused-ring (bicyclic) bond motifs is 2. The van der Waals surface area contributed by atoms with Crippen LogP contribution in [0, 0.1) is 17.7 Å². The second-order valence-corrected chi connectivity index (χ2v) is 9.36. The van der Waals surface area contributed by atoms with Crippen molar-refractivity contribution in [1.29, 1.82) is 0 Å². The lowest BCUT2D eigenvalue weighted by atomic mass is 10.1. The van der Waals surface area contributed by atoms with Gasteiger partial charge in [-0.05, 0) is 55.5 Å². The summed E-state index contributed by atoms with van der Waals surface area (Å²) in [5, 5.41) is 12.7. The third kappa shape index (κ3) is 4.08. The molecule has 3 aromatic rings. The fourth-order valence-corrected chi connectivity index (χ4v) is 5.20. The van der Waals surface area contributed by atoms with E-state index in [0.717, 1.165) is 47.7 Å². The van der Waals surface area contributed by atoms with Gasteiger partial charge in [0.25, 0.3) is 0 Å². The first kappa shape index (κ1) is 20.6. The molecule has 7 heteroatoms. The Morgan fingerprint density at radius 2 is 2.03 bits per heavy atom. The van der Waals surface area contributed by atoms with Crippen LogP contribution < -0.4 is 26.4 Å². The molecule has 3 aliphatic rings. The smallest absolute Gasteiger partial charge is 0.128 e. The van der Waals surface area contributed by atoms with Crippen LogP contribution in [-0.4, -0.2) is 24.1 Å². The predicted octanol–water partition coefficient (Wildman–Crippen LogP) is 4.25. The van der Waals surface area contributed by atoms with E-state index in [1.54, 1.807) is 12.3 Å². The van der Waals surface area contributed by atoms with E-state index in [0.29, 0.717) is 6.04 Å². The highest BCUT2D eigenvalue weighted by molar-refractivity contribution is 5.70. The fraction of sp³-hybridized carbons (Fsp3) is 0.346. The topological polar surface area (TPSA) is 64.2 Å². The molecule has 2 fully saturated rings. The Bertz CT molecular complexity index is 1140. The largest absolute Gasteiger partial charge is 0.363 e. The highest BCUT2D eigenvalue weighted by Crippen LogP contribution is 2.45. The quantitative estimate of drug-likeness (QED) is 0.437. The van der Waals surface area contributed by atoms with E-state index in [1.165, 1.54) is 18.1 Å². The monoisotopic (exact) mass is 444 g/mol. The number of rotatable bonds is 7. The summed E-state index contributed by atoms with van der Waals surface area (Å²) in [6.07, 6.45) is 3.06. The van der Waals surface area contributed by atoms with E-state index in [2.05, 4.69) is 45.4 Å². The summed E-state index contributed by atoms with van der Waals surface area (Å²) in [6.45, 7) is 4.14. The number of hydrogen-bond donors (Lipinski definition) is 4. The maximum atomic E-state index is 14.2. The summed E-state index contributed by atoms with van der Waals surface area (Å²) < 4.78 is 14.2. The number of hydrazine groups is 1. The van der Waals surface area contributed by atoms with E-state index in [4.69, 9.17) is 0 Å². The molecule has 170 valence electrons. The van der Waals surface area contributed by atoms with Gasteiger partial charge in [-0.25, -0.2) is 14.8 Å². The standard InChI is InChI=1S/C26H29FN6/c1-16(17-5-3-2-4-6-17)31-25-13-20(9-10-28-25)33-24-12-19(27)7-8-21(24)26(32-33)30-15-23-22-11-18(22)14-29-23/h2-10,12-13,16,18,22-23,26,29-30,32H,11,14-15H2,1H3,(H,28,31). The van der Waals surface area contributed by atoms with Crippen molar-refractivity contribution in [2.24, 2.45) is 11.8 Å². The summed E-state index contributed by atoms with van der Waals surface area (Å²) in [4.78, 5) is 4.51. The lowest BCUT2D eigenvalue weighted by Gasteiger charge is -2.23. The molecule has 1 saturated carbocycles. The SMILES string of the molecule is CC(Nc1cc(N2NC(NCC3NCC4CC43)c3ccc(F)cc32)ccn1)c1ccccc1. The second-order valence-electron chi connectivity index (χ2n) is 9.36. The van der Waals surface area contributed by atoms with Gasteiger partial charge in [0.1, 0.15) is 17.8 Å². The minimum absolute atomic E-state index is 0.0759. The van der Waals surface area contributed by atoms with Crippen molar-refractivity contribution >= 4 is 17.2 Å². The van der Waals surface area contributed by atoms with Crippen molar-refractivity contribution in [2.75, 3.05) is 23.4 Å². The molecule has 5 unspecified atom stereocenters. The molecule has 3 heterocycles.